The molecule has 0 saturated heterocycles. The van der Waals surface area contributed by atoms with E-state index in [2.05, 4.69) is 15.0 Å². The van der Waals surface area contributed by atoms with Gasteiger partial charge in [0.25, 0.3) is 10.0 Å². The number of anilines is 2. The third kappa shape index (κ3) is 4.33. The molecule has 3 aromatic rings. The van der Waals surface area contributed by atoms with Crippen LogP contribution in [0.25, 0.3) is 0 Å². The van der Waals surface area contributed by atoms with Crippen molar-refractivity contribution in [2.45, 2.75) is 18.4 Å². The lowest BCUT2D eigenvalue weighted by atomic mass is 10.2. The summed E-state index contributed by atoms with van der Waals surface area (Å²) in [5, 5.41) is 3.84. The van der Waals surface area contributed by atoms with Crippen molar-refractivity contribution in [3.63, 3.8) is 0 Å². The Bertz CT molecular complexity index is 1010. The molecule has 0 spiro atoms. The summed E-state index contributed by atoms with van der Waals surface area (Å²) >= 11 is 6.12. The first-order chi connectivity index (χ1) is 12.5. The van der Waals surface area contributed by atoms with Gasteiger partial charge < -0.3 is 5.32 Å². The third-order valence-corrected chi connectivity index (χ3v) is 5.73. The molecular formula is C19H18ClN3O2S. The van der Waals surface area contributed by atoms with Crippen LogP contribution in [0.15, 0.2) is 71.8 Å². The fraction of sp³-hybridized carbons (Fsp3) is 0.105. The van der Waals surface area contributed by atoms with Gasteiger partial charge in [0.1, 0.15) is 5.82 Å². The molecule has 0 bridgehead atoms. The summed E-state index contributed by atoms with van der Waals surface area (Å²) < 4.78 is 27.5. The summed E-state index contributed by atoms with van der Waals surface area (Å²) in [5.74, 6) is 0.628. The Labute approximate surface area is 158 Å². The first kappa shape index (κ1) is 18.2. The topological polar surface area (TPSA) is 71.1 Å². The van der Waals surface area contributed by atoms with Crippen molar-refractivity contribution < 1.29 is 8.42 Å². The molecule has 7 heteroatoms. The molecule has 0 unspecified atom stereocenters. The molecule has 5 nitrogen and oxygen atoms in total. The predicted octanol–water partition coefficient (Wildman–Crippen LogP) is 4.46. The Morgan fingerprint density at radius 1 is 1.00 bits per heavy atom. The lowest BCUT2D eigenvalue weighted by Gasteiger charge is -2.11. The summed E-state index contributed by atoms with van der Waals surface area (Å²) in [7, 11) is -3.65. The Balaban J connectivity index is 1.68. The van der Waals surface area contributed by atoms with E-state index in [1.54, 1.807) is 43.3 Å². The number of aromatic nitrogens is 1. The van der Waals surface area contributed by atoms with Crippen molar-refractivity contribution in [1.82, 2.24) is 4.98 Å². The SMILES string of the molecule is Cc1ccccc1S(=O)(=O)Nc1ccc(NCc2ccccc2Cl)nc1. The molecule has 0 radical (unpaired) electrons. The van der Waals surface area contributed by atoms with Crippen LogP contribution < -0.4 is 10.0 Å². The number of hydrogen-bond acceptors (Lipinski definition) is 4. The normalized spacial score (nSPS) is 11.2. The van der Waals surface area contributed by atoms with Crippen LogP contribution in [0.5, 0.6) is 0 Å². The summed E-state index contributed by atoms with van der Waals surface area (Å²) in [6.45, 7) is 2.29. The van der Waals surface area contributed by atoms with Crippen LogP contribution in [0.2, 0.25) is 5.02 Å². The maximum Gasteiger partial charge on any atom is 0.262 e. The van der Waals surface area contributed by atoms with Gasteiger partial charge in [-0.25, -0.2) is 13.4 Å². The molecule has 0 atom stereocenters. The molecule has 0 amide bonds. The molecule has 1 aromatic heterocycles. The second-order valence-corrected chi connectivity index (χ2v) is 7.81. The first-order valence-corrected chi connectivity index (χ1v) is 9.83. The zero-order chi connectivity index (χ0) is 18.6. The standard InChI is InChI=1S/C19H18ClN3O2S/c1-14-6-2-5-9-18(14)26(24,25)23-16-10-11-19(22-13-16)21-12-15-7-3-4-8-17(15)20/h2-11,13,23H,12H2,1H3,(H,21,22). The first-order valence-electron chi connectivity index (χ1n) is 7.97. The van der Waals surface area contributed by atoms with Crippen LogP contribution in [0.3, 0.4) is 0 Å². The van der Waals surface area contributed by atoms with Crippen LogP contribution >= 0.6 is 11.6 Å². The van der Waals surface area contributed by atoms with E-state index in [1.165, 1.54) is 6.20 Å². The van der Waals surface area contributed by atoms with Crippen molar-refractivity contribution in [2.75, 3.05) is 10.0 Å². The van der Waals surface area contributed by atoms with Gasteiger partial charge in [-0.2, -0.15) is 0 Å². The van der Waals surface area contributed by atoms with E-state index in [0.29, 0.717) is 28.6 Å². The number of sulfonamides is 1. The lowest BCUT2D eigenvalue weighted by Crippen LogP contribution is -2.14. The zero-order valence-corrected chi connectivity index (χ0v) is 15.7. The maximum atomic E-state index is 12.5. The number of hydrogen-bond donors (Lipinski definition) is 2. The largest absolute Gasteiger partial charge is 0.366 e. The summed E-state index contributed by atoms with van der Waals surface area (Å²) in [5.41, 5.74) is 2.04. The number of rotatable bonds is 6. The second kappa shape index (κ2) is 7.76. The zero-order valence-electron chi connectivity index (χ0n) is 14.1. The average molecular weight is 388 g/mol. The highest BCUT2D eigenvalue weighted by molar-refractivity contribution is 7.92. The van der Waals surface area contributed by atoms with Crippen LogP contribution in [-0.4, -0.2) is 13.4 Å². The van der Waals surface area contributed by atoms with E-state index in [9.17, 15) is 8.42 Å². The lowest BCUT2D eigenvalue weighted by molar-refractivity contribution is 0.600. The van der Waals surface area contributed by atoms with Crippen molar-refractivity contribution in [3.8, 4) is 0 Å². The van der Waals surface area contributed by atoms with E-state index >= 15 is 0 Å². The Morgan fingerprint density at radius 3 is 2.42 bits per heavy atom. The van der Waals surface area contributed by atoms with E-state index in [0.717, 1.165) is 5.56 Å². The average Bonchev–Trinajstić information content (AvgIpc) is 2.62. The highest BCUT2D eigenvalue weighted by Crippen LogP contribution is 2.20. The predicted molar refractivity (Wildman–Crippen MR) is 105 cm³/mol. The Morgan fingerprint density at radius 2 is 1.73 bits per heavy atom. The van der Waals surface area contributed by atoms with Gasteiger partial charge >= 0.3 is 0 Å². The van der Waals surface area contributed by atoms with E-state index < -0.39 is 10.0 Å². The molecule has 0 fully saturated rings. The highest BCUT2D eigenvalue weighted by atomic mass is 35.5. The van der Waals surface area contributed by atoms with Crippen LogP contribution in [0.4, 0.5) is 11.5 Å². The molecule has 0 saturated carbocycles. The molecule has 0 aliphatic carbocycles. The summed E-state index contributed by atoms with van der Waals surface area (Å²) in [6, 6.07) is 17.8. The van der Waals surface area contributed by atoms with Crippen molar-refractivity contribution in [3.05, 3.63) is 83.0 Å². The highest BCUT2D eigenvalue weighted by Gasteiger charge is 2.16. The number of pyridine rings is 1. The van der Waals surface area contributed by atoms with Gasteiger partial charge in [0.2, 0.25) is 0 Å². The minimum atomic E-state index is -3.65. The summed E-state index contributed by atoms with van der Waals surface area (Å²) in [6.07, 6.45) is 1.48. The molecule has 1 heterocycles. The van der Waals surface area contributed by atoms with Crippen molar-refractivity contribution in [2.24, 2.45) is 0 Å². The number of benzene rings is 2. The fourth-order valence-electron chi connectivity index (χ4n) is 2.45. The monoisotopic (exact) mass is 387 g/mol. The van der Waals surface area contributed by atoms with Crippen LogP contribution in [0.1, 0.15) is 11.1 Å². The number of nitrogens with one attached hydrogen (secondary N) is 2. The Hall–Kier alpha value is -2.57. The van der Waals surface area contributed by atoms with Gasteiger partial charge in [-0.3, -0.25) is 4.72 Å². The molecular weight excluding hydrogens is 370 g/mol. The van der Waals surface area contributed by atoms with Gasteiger partial charge in [-0.05, 0) is 42.3 Å². The van der Waals surface area contributed by atoms with E-state index in [4.69, 9.17) is 11.6 Å². The summed E-state index contributed by atoms with van der Waals surface area (Å²) in [4.78, 5) is 4.49. The number of halogens is 1. The smallest absolute Gasteiger partial charge is 0.262 e. The van der Waals surface area contributed by atoms with Crippen LogP contribution in [0, 0.1) is 6.92 Å². The molecule has 26 heavy (non-hydrogen) atoms. The van der Waals surface area contributed by atoms with Crippen LogP contribution in [-0.2, 0) is 16.6 Å². The third-order valence-electron chi connectivity index (χ3n) is 3.82. The van der Waals surface area contributed by atoms with Gasteiger partial charge in [-0.1, -0.05) is 48.0 Å². The number of nitrogens with zero attached hydrogens (tertiary/aromatic N) is 1. The van der Waals surface area contributed by atoms with Gasteiger partial charge in [-0.15, -0.1) is 0 Å². The van der Waals surface area contributed by atoms with Gasteiger partial charge in [0.15, 0.2) is 0 Å². The van der Waals surface area contributed by atoms with Gasteiger partial charge in [0, 0.05) is 11.6 Å². The molecule has 0 aliphatic rings. The quantitative estimate of drug-likeness (QED) is 0.655. The number of aryl methyl sites for hydroxylation is 1. The molecule has 3 rings (SSSR count). The second-order valence-electron chi connectivity index (χ2n) is 5.75. The van der Waals surface area contributed by atoms with E-state index in [-0.39, 0.29) is 4.90 Å². The maximum absolute atomic E-state index is 12.5. The minimum absolute atomic E-state index is 0.251. The fourth-order valence-corrected chi connectivity index (χ4v) is 3.95. The molecule has 0 aliphatic heterocycles. The van der Waals surface area contributed by atoms with E-state index in [1.807, 2.05) is 24.3 Å². The van der Waals surface area contributed by atoms with Gasteiger partial charge in [0.05, 0.1) is 16.8 Å². The van der Waals surface area contributed by atoms with Crippen molar-refractivity contribution >= 4 is 33.1 Å². The molecule has 2 N–H and O–H groups in total. The minimum Gasteiger partial charge on any atom is -0.366 e. The molecule has 134 valence electrons. The Kier molecular flexibility index (Phi) is 5.44. The van der Waals surface area contributed by atoms with Crippen molar-refractivity contribution in [1.29, 1.82) is 0 Å². The molecule has 2 aromatic carbocycles.